The highest BCUT2D eigenvalue weighted by molar-refractivity contribution is 7.89. The Morgan fingerprint density at radius 3 is 2.55 bits per heavy atom. The minimum Gasteiger partial charge on any atom is -0.487 e. The summed E-state index contributed by atoms with van der Waals surface area (Å²) in [6, 6.07) is 13.8. The zero-order valence-corrected chi connectivity index (χ0v) is 19.1. The van der Waals surface area contributed by atoms with Crippen LogP contribution in [0, 0.1) is 5.92 Å². The van der Waals surface area contributed by atoms with Crippen LogP contribution in [0.4, 0.5) is 0 Å². The Balaban J connectivity index is 1.55. The Labute approximate surface area is 184 Å². The van der Waals surface area contributed by atoms with E-state index in [0.29, 0.717) is 31.0 Å². The van der Waals surface area contributed by atoms with Crippen molar-refractivity contribution in [3.05, 3.63) is 59.7 Å². The quantitative estimate of drug-likeness (QED) is 0.772. The van der Waals surface area contributed by atoms with Gasteiger partial charge in [0.15, 0.2) is 0 Å². The molecule has 0 aromatic heterocycles. The maximum absolute atomic E-state index is 13.1. The molecule has 4 rings (SSSR count). The normalized spacial score (nSPS) is 21.7. The van der Waals surface area contributed by atoms with Crippen LogP contribution in [-0.4, -0.2) is 37.3 Å². The summed E-state index contributed by atoms with van der Waals surface area (Å²) < 4.78 is 33.7. The predicted molar refractivity (Wildman–Crippen MR) is 120 cm³/mol. The van der Waals surface area contributed by atoms with Gasteiger partial charge < -0.3 is 10.1 Å². The molecule has 0 radical (unpaired) electrons. The molecule has 1 N–H and O–H groups in total. The molecular weight excluding hydrogens is 412 g/mol. The second kappa shape index (κ2) is 8.28. The molecule has 1 amide bonds. The summed E-state index contributed by atoms with van der Waals surface area (Å²) in [4.78, 5) is 13.2. The van der Waals surface area contributed by atoms with E-state index in [2.05, 4.69) is 12.2 Å². The fourth-order valence-electron chi connectivity index (χ4n) is 4.34. The standard InChI is InChI=1S/C24H30N2O4S/c1-17-11-13-26(14-12-17)31(28,29)19-8-6-7-18(15-19)23(27)25-21-16-24(2,3)30-22-10-5-4-9-20(21)22/h4-10,15,17,21H,11-14,16H2,1-3H3,(H,25,27). The van der Waals surface area contributed by atoms with E-state index < -0.39 is 15.6 Å². The van der Waals surface area contributed by atoms with E-state index in [1.807, 2.05) is 38.1 Å². The topological polar surface area (TPSA) is 75.7 Å². The zero-order chi connectivity index (χ0) is 22.2. The summed E-state index contributed by atoms with van der Waals surface area (Å²) in [5, 5.41) is 3.08. The van der Waals surface area contributed by atoms with Crippen molar-refractivity contribution in [2.24, 2.45) is 5.92 Å². The van der Waals surface area contributed by atoms with Crippen molar-refractivity contribution >= 4 is 15.9 Å². The van der Waals surface area contributed by atoms with Gasteiger partial charge in [0.1, 0.15) is 11.4 Å². The number of amides is 1. The third-order valence-electron chi connectivity index (χ3n) is 6.16. The van der Waals surface area contributed by atoms with E-state index in [1.54, 1.807) is 18.2 Å². The molecule has 31 heavy (non-hydrogen) atoms. The Bertz CT molecular complexity index is 1070. The first-order valence-corrected chi connectivity index (χ1v) is 12.3. The van der Waals surface area contributed by atoms with E-state index in [1.165, 1.54) is 10.4 Å². The van der Waals surface area contributed by atoms with Gasteiger partial charge in [0.2, 0.25) is 10.0 Å². The van der Waals surface area contributed by atoms with Gasteiger partial charge in [-0.2, -0.15) is 4.31 Å². The number of hydrogen-bond acceptors (Lipinski definition) is 4. The number of fused-ring (bicyclic) bond motifs is 1. The molecule has 1 unspecified atom stereocenters. The number of ether oxygens (including phenoxy) is 1. The van der Waals surface area contributed by atoms with Crippen LogP contribution in [-0.2, 0) is 10.0 Å². The number of piperidine rings is 1. The van der Waals surface area contributed by atoms with Crippen LogP contribution >= 0.6 is 0 Å². The number of sulfonamides is 1. The van der Waals surface area contributed by atoms with E-state index in [-0.39, 0.29) is 16.8 Å². The lowest BCUT2D eigenvalue weighted by molar-refractivity contribution is 0.0619. The Morgan fingerprint density at radius 2 is 1.81 bits per heavy atom. The SMILES string of the molecule is CC1CCN(S(=O)(=O)c2cccc(C(=O)NC3CC(C)(C)Oc4ccccc43)c2)CC1. The highest BCUT2D eigenvalue weighted by Crippen LogP contribution is 2.39. The number of carbonyl (C=O) groups is 1. The first-order valence-electron chi connectivity index (χ1n) is 10.8. The molecule has 2 aromatic rings. The molecule has 166 valence electrons. The fraction of sp³-hybridized carbons (Fsp3) is 0.458. The van der Waals surface area contributed by atoms with Gasteiger partial charge in [0.25, 0.3) is 5.91 Å². The lowest BCUT2D eigenvalue weighted by atomic mass is 9.89. The molecule has 1 atom stereocenters. The summed E-state index contributed by atoms with van der Waals surface area (Å²) in [6.07, 6.45) is 2.34. The average Bonchev–Trinajstić information content (AvgIpc) is 2.73. The number of carbonyl (C=O) groups excluding carboxylic acids is 1. The number of hydrogen-bond donors (Lipinski definition) is 1. The van der Waals surface area contributed by atoms with Crippen molar-refractivity contribution < 1.29 is 17.9 Å². The van der Waals surface area contributed by atoms with E-state index >= 15 is 0 Å². The number of benzene rings is 2. The van der Waals surface area contributed by atoms with E-state index in [0.717, 1.165) is 24.2 Å². The minimum atomic E-state index is -3.61. The van der Waals surface area contributed by atoms with Gasteiger partial charge in [-0.3, -0.25) is 4.79 Å². The van der Waals surface area contributed by atoms with Gasteiger partial charge >= 0.3 is 0 Å². The molecule has 0 aliphatic carbocycles. The van der Waals surface area contributed by atoms with Crippen molar-refractivity contribution in [2.45, 2.75) is 56.6 Å². The Morgan fingerprint density at radius 1 is 1.10 bits per heavy atom. The van der Waals surface area contributed by atoms with Crippen LogP contribution in [0.2, 0.25) is 0 Å². The number of rotatable bonds is 4. The van der Waals surface area contributed by atoms with Crippen LogP contribution in [0.5, 0.6) is 5.75 Å². The van der Waals surface area contributed by atoms with Gasteiger partial charge in [-0.25, -0.2) is 8.42 Å². The smallest absolute Gasteiger partial charge is 0.251 e. The molecule has 2 heterocycles. The molecule has 1 fully saturated rings. The van der Waals surface area contributed by atoms with Gasteiger partial charge in [0, 0.05) is 30.6 Å². The van der Waals surface area contributed by atoms with Crippen molar-refractivity contribution in [1.82, 2.24) is 9.62 Å². The fourth-order valence-corrected chi connectivity index (χ4v) is 5.86. The van der Waals surface area contributed by atoms with Crippen LogP contribution < -0.4 is 10.1 Å². The molecular formula is C24H30N2O4S. The minimum absolute atomic E-state index is 0.169. The summed E-state index contributed by atoms with van der Waals surface area (Å²) in [7, 11) is -3.61. The van der Waals surface area contributed by atoms with Crippen LogP contribution in [0.1, 0.15) is 62.0 Å². The lowest BCUT2D eigenvalue weighted by Crippen LogP contribution is -2.41. The molecule has 2 aliphatic rings. The Hall–Kier alpha value is -2.38. The molecule has 0 spiro atoms. The molecule has 0 bridgehead atoms. The van der Waals surface area contributed by atoms with Crippen LogP contribution in [0.15, 0.2) is 53.4 Å². The number of nitrogens with zero attached hydrogens (tertiary/aromatic N) is 1. The van der Waals surface area contributed by atoms with Crippen molar-refractivity contribution in [1.29, 1.82) is 0 Å². The van der Waals surface area contributed by atoms with Crippen molar-refractivity contribution in [3.8, 4) is 5.75 Å². The first kappa shape index (κ1) is 21.8. The second-order valence-corrected chi connectivity index (χ2v) is 11.2. The highest BCUT2D eigenvalue weighted by Gasteiger charge is 2.35. The van der Waals surface area contributed by atoms with Crippen LogP contribution in [0.25, 0.3) is 0 Å². The van der Waals surface area contributed by atoms with Gasteiger partial charge in [-0.15, -0.1) is 0 Å². The lowest BCUT2D eigenvalue weighted by Gasteiger charge is -2.37. The average molecular weight is 443 g/mol. The Kier molecular flexibility index (Phi) is 5.83. The van der Waals surface area contributed by atoms with Crippen molar-refractivity contribution in [3.63, 3.8) is 0 Å². The highest BCUT2D eigenvalue weighted by atomic mass is 32.2. The summed E-state index contributed by atoms with van der Waals surface area (Å²) in [5.74, 6) is 1.01. The summed E-state index contributed by atoms with van der Waals surface area (Å²) >= 11 is 0. The van der Waals surface area contributed by atoms with Crippen molar-refractivity contribution in [2.75, 3.05) is 13.1 Å². The van der Waals surface area contributed by atoms with Gasteiger partial charge in [0.05, 0.1) is 10.9 Å². The maximum Gasteiger partial charge on any atom is 0.251 e. The number of para-hydroxylation sites is 1. The summed E-state index contributed by atoms with van der Waals surface area (Å²) in [5.41, 5.74) is 0.859. The molecule has 1 saturated heterocycles. The third kappa shape index (κ3) is 4.62. The number of nitrogens with one attached hydrogen (secondary N) is 1. The molecule has 0 saturated carbocycles. The second-order valence-electron chi connectivity index (χ2n) is 9.24. The largest absolute Gasteiger partial charge is 0.487 e. The maximum atomic E-state index is 13.1. The molecule has 6 nitrogen and oxygen atoms in total. The molecule has 2 aromatic carbocycles. The third-order valence-corrected chi connectivity index (χ3v) is 8.05. The summed E-state index contributed by atoms with van der Waals surface area (Å²) in [6.45, 7) is 7.18. The van der Waals surface area contributed by atoms with Gasteiger partial charge in [-0.1, -0.05) is 31.2 Å². The molecule has 2 aliphatic heterocycles. The molecule has 7 heteroatoms. The zero-order valence-electron chi connectivity index (χ0n) is 18.3. The predicted octanol–water partition coefficient (Wildman–Crippen LogP) is 4.14. The van der Waals surface area contributed by atoms with E-state index in [9.17, 15) is 13.2 Å². The first-order chi connectivity index (χ1) is 14.7. The monoisotopic (exact) mass is 442 g/mol. The van der Waals surface area contributed by atoms with Crippen LogP contribution in [0.3, 0.4) is 0 Å². The van der Waals surface area contributed by atoms with E-state index in [4.69, 9.17) is 4.74 Å². The van der Waals surface area contributed by atoms with Gasteiger partial charge in [-0.05, 0) is 56.9 Å².